The van der Waals surface area contributed by atoms with Gasteiger partial charge in [-0.3, -0.25) is 9.58 Å². The van der Waals surface area contributed by atoms with Crippen molar-refractivity contribution in [2.24, 2.45) is 7.05 Å². The molecule has 0 saturated carbocycles. The van der Waals surface area contributed by atoms with E-state index in [1.807, 2.05) is 55.4 Å². The molecule has 0 aliphatic carbocycles. The molecule has 1 atom stereocenters. The van der Waals surface area contributed by atoms with Crippen LogP contribution in [0.25, 0.3) is 10.8 Å². The molecule has 0 radical (unpaired) electrons. The number of likely N-dealkylation sites (N-methyl/N-ethyl adjacent to an activating group) is 1. The summed E-state index contributed by atoms with van der Waals surface area (Å²) < 4.78 is 7.46. The molecular weight excluding hydrogens is 304 g/mol. The van der Waals surface area contributed by atoms with E-state index in [-0.39, 0.29) is 6.61 Å². The summed E-state index contributed by atoms with van der Waals surface area (Å²) in [6.07, 6.45) is 0.956. The van der Waals surface area contributed by atoms with Crippen molar-refractivity contribution in [3.8, 4) is 5.75 Å². The van der Waals surface area contributed by atoms with Crippen LogP contribution in [0, 0.1) is 0 Å². The minimum Gasteiger partial charge on any atom is -0.491 e. The molecule has 1 unspecified atom stereocenters. The highest BCUT2D eigenvalue weighted by atomic mass is 16.5. The van der Waals surface area contributed by atoms with Crippen LogP contribution in [0.3, 0.4) is 0 Å². The van der Waals surface area contributed by atoms with E-state index < -0.39 is 6.10 Å². The number of hydrogen-bond donors (Lipinski definition) is 1. The zero-order valence-electron chi connectivity index (χ0n) is 14.0. The topological polar surface area (TPSA) is 63.4 Å². The fraction of sp³-hybridized carbons (Fsp3) is 0.333. The molecule has 6 nitrogen and oxygen atoms in total. The van der Waals surface area contributed by atoms with Crippen molar-refractivity contribution in [3.05, 3.63) is 54.6 Å². The Kier molecular flexibility index (Phi) is 5.08. The van der Waals surface area contributed by atoms with Crippen LogP contribution in [-0.2, 0) is 13.6 Å². The smallest absolute Gasteiger partial charge is 0.140 e. The Balaban J connectivity index is 1.50. The number of benzene rings is 2. The van der Waals surface area contributed by atoms with Gasteiger partial charge in [-0.1, -0.05) is 30.3 Å². The third-order valence-corrected chi connectivity index (χ3v) is 3.90. The van der Waals surface area contributed by atoms with E-state index in [9.17, 15) is 5.11 Å². The molecule has 0 bridgehead atoms. The fourth-order valence-corrected chi connectivity index (χ4v) is 2.63. The van der Waals surface area contributed by atoms with Crippen LogP contribution in [0.2, 0.25) is 0 Å². The summed E-state index contributed by atoms with van der Waals surface area (Å²) in [5.74, 6) is 1.63. The first-order chi connectivity index (χ1) is 11.6. The summed E-state index contributed by atoms with van der Waals surface area (Å²) in [5.41, 5.74) is 0. The third kappa shape index (κ3) is 4.10. The quantitative estimate of drug-likeness (QED) is 0.718. The number of aliphatic hydroxyl groups excluding tert-OH is 1. The summed E-state index contributed by atoms with van der Waals surface area (Å²) in [6.45, 7) is 1.38. The van der Waals surface area contributed by atoms with Crippen LogP contribution in [0.4, 0.5) is 0 Å². The standard InChI is InChI=1S/C18H22N4O2/c1-21(11-18-19-13-20-22(18)2)10-16(23)12-24-17-8-7-14-5-3-4-6-15(14)9-17/h3-9,13,16,23H,10-12H2,1-2H3. The number of aryl methyl sites for hydroxylation is 1. The Morgan fingerprint density at radius 3 is 2.75 bits per heavy atom. The molecule has 2 aromatic carbocycles. The molecule has 1 heterocycles. The van der Waals surface area contributed by atoms with E-state index in [1.54, 1.807) is 4.68 Å². The van der Waals surface area contributed by atoms with Gasteiger partial charge >= 0.3 is 0 Å². The molecular formula is C18H22N4O2. The van der Waals surface area contributed by atoms with Gasteiger partial charge in [-0.25, -0.2) is 4.98 Å². The Labute approximate surface area is 141 Å². The van der Waals surface area contributed by atoms with Gasteiger partial charge in [0.2, 0.25) is 0 Å². The predicted octanol–water partition coefficient (Wildman–Crippen LogP) is 1.84. The molecule has 0 aliphatic rings. The lowest BCUT2D eigenvalue weighted by Gasteiger charge is -2.20. The van der Waals surface area contributed by atoms with Crippen molar-refractivity contribution in [1.82, 2.24) is 19.7 Å². The van der Waals surface area contributed by atoms with E-state index in [1.165, 1.54) is 11.7 Å². The molecule has 0 fully saturated rings. The van der Waals surface area contributed by atoms with Crippen molar-refractivity contribution in [2.75, 3.05) is 20.2 Å². The monoisotopic (exact) mass is 326 g/mol. The van der Waals surface area contributed by atoms with Crippen LogP contribution in [0.15, 0.2) is 48.8 Å². The van der Waals surface area contributed by atoms with Gasteiger partial charge in [0.1, 0.15) is 30.6 Å². The molecule has 6 heteroatoms. The van der Waals surface area contributed by atoms with Crippen LogP contribution in [-0.4, -0.2) is 51.1 Å². The molecule has 3 rings (SSSR count). The van der Waals surface area contributed by atoms with E-state index in [2.05, 4.69) is 16.1 Å². The summed E-state index contributed by atoms with van der Waals surface area (Å²) >= 11 is 0. The van der Waals surface area contributed by atoms with Gasteiger partial charge in [0.05, 0.1) is 6.54 Å². The average Bonchev–Trinajstić information content (AvgIpc) is 2.97. The molecule has 1 N–H and O–H groups in total. The van der Waals surface area contributed by atoms with E-state index in [0.29, 0.717) is 13.1 Å². The van der Waals surface area contributed by atoms with Crippen molar-refractivity contribution in [3.63, 3.8) is 0 Å². The minimum absolute atomic E-state index is 0.251. The van der Waals surface area contributed by atoms with Gasteiger partial charge in [-0.15, -0.1) is 0 Å². The maximum absolute atomic E-state index is 10.2. The maximum atomic E-state index is 10.2. The van der Waals surface area contributed by atoms with Crippen molar-refractivity contribution < 1.29 is 9.84 Å². The molecule has 1 aromatic heterocycles. The summed E-state index contributed by atoms with van der Waals surface area (Å²) in [6, 6.07) is 14.1. The molecule has 3 aromatic rings. The summed E-state index contributed by atoms with van der Waals surface area (Å²) in [5, 5.41) is 16.5. The Bertz CT molecular complexity index is 802. The lowest BCUT2D eigenvalue weighted by molar-refractivity contribution is 0.0734. The summed E-state index contributed by atoms with van der Waals surface area (Å²) in [7, 11) is 3.80. The maximum Gasteiger partial charge on any atom is 0.140 e. The van der Waals surface area contributed by atoms with E-state index >= 15 is 0 Å². The third-order valence-electron chi connectivity index (χ3n) is 3.90. The molecule has 0 saturated heterocycles. The molecule has 0 amide bonds. The SMILES string of the molecule is CN(Cc1ncnn1C)CC(O)COc1ccc2ccccc2c1. The van der Waals surface area contributed by atoms with Crippen molar-refractivity contribution in [2.45, 2.75) is 12.6 Å². The predicted molar refractivity (Wildman–Crippen MR) is 92.8 cm³/mol. The van der Waals surface area contributed by atoms with Crippen LogP contribution in [0.5, 0.6) is 5.75 Å². The van der Waals surface area contributed by atoms with E-state index in [4.69, 9.17) is 4.74 Å². The number of aromatic nitrogens is 3. The second kappa shape index (κ2) is 7.42. The van der Waals surface area contributed by atoms with Crippen LogP contribution in [0.1, 0.15) is 5.82 Å². The highest BCUT2D eigenvalue weighted by Crippen LogP contribution is 2.20. The van der Waals surface area contributed by atoms with Crippen LogP contribution >= 0.6 is 0 Å². The highest BCUT2D eigenvalue weighted by molar-refractivity contribution is 5.83. The van der Waals surface area contributed by atoms with E-state index in [0.717, 1.165) is 17.0 Å². The Morgan fingerprint density at radius 2 is 2.00 bits per heavy atom. The van der Waals surface area contributed by atoms with Gasteiger partial charge in [0, 0.05) is 13.6 Å². The van der Waals surface area contributed by atoms with Gasteiger partial charge in [0.15, 0.2) is 0 Å². The van der Waals surface area contributed by atoms with Gasteiger partial charge < -0.3 is 9.84 Å². The fourth-order valence-electron chi connectivity index (χ4n) is 2.63. The zero-order valence-corrected chi connectivity index (χ0v) is 14.0. The summed E-state index contributed by atoms with van der Waals surface area (Å²) in [4.78, 5) is 6.18. The van der Waals surface area contributed by atoms with Crippen molar-refractivity contribution in [1.29, 1.82) is 0 Å². The zero-order chi connectivity index (χ0) is 16.9. The lowest BCUT2D eigenvalue weighted by Crippen LogP contribution is -2.33. The normalized spacial score (nSPS) is 12.7. The number of fused-ring (bicyclic) bond motifs is 1. The van der Waals surface area contributed by atoms with Gasteiger partial charge in [0.25, 0.3) is 0 Å². The molecule has 0 aliphatic heterocycles. The number of ether oxygens (including phenoxy) is 1. The first-order valence-corrected chi connectivity index (χ1v) is 7.93. The largest absolute Gasteiger partial charge is 0.491 e. The number of aliphatic hydroxyl groups is 1. The lowest BCUT2D eigenvalue weighted by atomic mass is 10.1. The Hall–Kier alpha value is -2.44. The molecule has 0 spiro atoms. The van der Waals surface area contributed by atoms with Crippen LogP contribution < -0.4 is 4.74 Å². The highest BCUT2D eigenvalue weighted by Gasteiger charge is 2.12. The first kappa shape index (κ1) is 16.4. The molecule has 126 valence electrons. The Morgan fingerprint density at radius 1 is 1.21 bits per heavy atom. The second-order valence-corrected chi connectivity index (χ2v) is 5.97. The molecule has 24 heavy (non-hydrogen) atoms. The second-order valence-electron chi connectivity index (χ2n) is 5.97. The van der Waals surface area contributed by atoms with Gasteiger partial charge in [-0.05, 0) is 30.0 Å². The average molecular weight is 326 g/mol. The van der Waals surface area contributed by atoms with Gasteiger partial charge in [-0.2, -0.15) is 5.10 Å². The number of hydrogen-bond acceptors (Lipinski definition) is 5. The number of rotatable bonds is 7. The minimum atomic E-state index is -0.574. The van der Waals surface area contributed by atoms with Crippen molar-refractivity contribution >= 4 is 10.8 Å². The number of nitrogens with zero attached hydrogens (tertiary/aromatic N) is 4. The first-order valence-electron chi connectivity index (χ1n) is 7.93.